The van der Waals surface area contributed by atoms with E-state index in [9.17, 15) is 26.4 Å². The van der Waals surface area contributed by atoms with Gasteiger partial charge in [0.1, 0.15) is 11.5 Å². The van der Waals surface area contributed by atoms with Crippen LogP contribution in [0.5, 0.6) is 11.5 Å². The first-order valence-corrected chi connectivity index (χ1v) is 15.4. The molecule has 0 saturated carbocycles. The molecule has 0 bridgehead atoms. The topological polar surface area (TPSA) is 169 Å². The Morgan fingerprint density at radius 2 is 0.775 bits per heavy atom. The molecule has 0 heterocycles. The van der Waals surface area contributed by atoms with Gasteiger partial charge in [0.25, 0.3) is 0 Å². The summed E-state index contributed by atoms with van der Waals surface area (Å²) in [5, 5.41) is 10.5. The molecule has 0 atom stereocenters. The van der Waals surface area contributed by atoms with Crippen molar-refractivity contribution in [1.82, 2.24) is 0 Å². The van der Waals surface area contributed by atoms with Crippen molar-refractivity contribution >= 4 is 55.0 Å². The number of hydrogen-bond donors (Lipinski definition) is 4. The number of anilines is 4. The van der Waals surface area contributed by atoms with Crippen LogP contribution in [0, 0.1) is 0 Å². The second kappa shape index (κ2) is 13.7. The Balaban J connectivity index is 1.47. The highest BCUT2D eigenvalue weighted by Gasteiger charge is 2.13. The Kier molecular flexibility index (Phi) is 10.3. The molecule has 40 heavy (non-hydrogen) atoms. The first-order valence-electron chi connectivity index (χ1n) is 12.3. The molecular formula is C26H30N4O8S2. The van der Waals surface area contributed by atoms with Crippen LogP contribution in [0.25, 0.3) is 0 Å². The number of nitrogens with one attached hydrogen (secondary N) is 4. The fourth-order valence-electron chi connectivity index (χ4n) is 3.29. The minimum atomic E-state index is -3.65. The standard InChI is InChI=1S/C26H30N4O8S2/c1-3-17-39(33,34)37-23-13-9-21(10-14-23)29-25(31)27-19-5-7-20(8-6-19)28-26(32)30-22-11-15-24(16-12-22)38-40(35,36)18-4-2/h5-16H,3-4,17-18H2,1-2H3,(H2,27,29,31)(H2,28,30,32). The maximum absolute atomic E-state index is 12.3. The molecule has 0 aliphatic rings. The highest BCUT2D eigenvalue weighted by Crippen LogP contribution is 2.20. The van der Waals surface area contributed by atoms with Crippen molar-refractivity contribution in [2.24, 2.45) is 0 Å². The smallest absolute Gasteiger partial charge is 0.323 e. The summed E-state index contributed by atoms with van der Waals surface area (Å²) in [4.78, 5) is 24.6. The van der Waals surface area contributed by atoms with Gasteiger partial charge in [0.15, 0.2) is 0 Å². The van der Waals surface area contributed by atoms with Crippen molar-refractivity contribution in [2.75, 3.05) is 32.8 Å². The van der Waals surface area contributed by atoms with Crippen molar-refractivity contribution in [2.45, 2.75) is 26.7 Å². The van der Waals surface area contributed by atoms with Crippen molar-refractivity contribution < 1.29 is 34.8 Å². The van der Waals surface area contributed by atoms with E-state index in [2.05, 4.69) is 21.3 Å². The third kappa shape index (κ3) is 10.1. The van der Waals surface area contributed by atoms with Crippen LogP contribution < -0.4 is 29.6 Å². The maximum Gasteiger partial charge on any atom is 0.323 e. The van der Waals surface area contributed by atoms with Gasteiger partial charge >= 0.3 is 32.3 Å². The Morgan fingerprint density at radius 1 is 0.525 bits per heavy atom. The number of hydrogen-bond acceptors (Lipinski definition) is 8. The number of urea groups is 2. The second-order valence-electron chi connectivity index (χ2n) is 8.47. The van der Waals surface area contributed by atoms with Gasteiger partial charge in [0.2, 0.25) is 0 Å². The molecule has 4 amide bonds. The fourth-order valence-corrected chi connectivity index (χ4v) is 5.26. The zero-order chi connectivity index (χ0) is 29.2. The van der Waals surface area contributed by atoms with Crippen LogP contribution in [0.1, 0.15) is 26.7 Å². The minimum absolute atomic E-state index is 0.0902. The van der Waals surface area contributed by atoms with E-state index >= 15 is 0 Å². The lowest BCUT2D eigenvalue weighted by Crippen LogP contribution is -2.20. The number of benzene rings is 3. The predicted molar refractivity (Wildman–Crippen MR) is 154 cm³/mol. The van der Waals surface area contributed by atoms with Gasteiger partial charge in [-0.2, -0.15) is 16.8 Å². The van der Waals surface area contributed by atoms with E-state index in [1.807, 2.05) is 0 Å². The Bertz CT molecular complexity index is 1390. The molecule has 0 radical (unpaired) electrons. The van der Waals surface area contributed by atoms with Gasteiger partial charge in [-0.1, -0.05) is 13.8 Å². The van der Waals surface area contributed by atoms with Gasteiger partial charge in [-0.25, -0.2) is 9.59 Å². The fraction of sp³-hybridized carbons (Fsp3) is 0.231. The lowest BCUT2D eigenvalue weighted by molar-refractivity contribution is 0.261. The lowest BCUT2D eigenvalue weighted by Gasteiger charge is -2.11. The first-order chi connectivity index (χ1) is 19.0. The molecule has 0 saturated heterocycles. The van der Waals surface area contributed by atoms with E-state index in [1.54, 1.807) is 38.1 Å². The van der Waals surface area contributed by atoms with Crippen LogP contribution in [-0.4, -0.2) is 40.4 Å². The SMILES string of the molecule is CCCS(=O)(=O)Oc1ccc(NC(=O)Nc2ccc(NC(=O)Nc3ccc(OS(=O)(=O)CCC)cc3)cc2)cc1. The second-order valence-corrected chi connectivity index (χ2v) is 11.9. The molecule has 12 nitrogen and oxygen atoms in total. The Hall–Kier alpha value is -4.30. The Morgan fingerprint density at radius 3 is 1.02 bits per heavy atom. The molecule has 0 unspecified atom stereocenters. The number of rotatable bonds is 12. The first kappa shape index (κ1) is 30.2. The normalized spacial score (nSPS) is 11.2. The zero-order valence-electron chi connectivity index (χ0n) is 21.8. The summed E-state index contributed by atoms with van der Waals surface area (Å²) in [7, 11) is -7.30. The van der Waals surface area contributed by atoms with Crippen molar-refractivity contribution in [3.63, 3.8) is 0 Å². The molecule has 0 aliphatic carbocycles. The van der Waals surface area contributed by atoms with Crippen LogP contribution in [0.2, 0.25) is 0 Å². The average Bonchev–Trinajstić information content (AvgIpc) is 2.87. The van der Waals surface area contributed by atoms with E-state index in [0.717, 1.165) is 0 Å². The van der Waals surface area contributed by atoms with E-state index in [0.29, 0.717) is 35.6 Å². The van der Waals surface area contributed by atoms with Gasteiger partial charge < -0.3 is 29.6 Å². The summed E-state index contributed by atoms with van der Waals surface area (Å²) in [6.45, 7) is 3.47. The Labute approximate surface area is 233 Å². The van der Waals surface area contributed by atoms with E-state index in [1.165, 1.54) is 48.5 Å². The summed E-state index contributed by atoms with van der Waals surface area (Å²) < 4.78 is 57.0. The monoisotopic (exact) mass is 590 g/mol. The molecule has 3 aromatic rings. The minimum Gasteiger partial charge on any atom is -0.382 e. The van der Waals surface area contributed by atoms with Crippen molar-refractivity contribution in [1.29, 1.82) is 0 Å². The molecular weight excluding hydrogens is 560 g/mol. The highest BCUT2D eigenvalue weighted by molar-refractivity contribution is 7.87. The quantitative estimate of drug-likeness (QED) is 0.208. The molecule has 0 spiro atoms. The van der Waals surface area contributed by atoms with Gasteiger partial charge in [-0.15, -0.1) is 0 Å². The highest BCUT2D eigenvalue weighted by atomic mass is 32.2. The third-order valence-electron chi connectivity index (χ3n) is 4.98. The molecule has 0 aliphatic heterocycles. The van der Waals surface area contributed by atoms with Gasteiger partial charge in [0, 0.05) is 22.7 Å². The largest absolute Gasteiger partial charge is 0.382 e. The summed E-state index contributed by atoms with van der Waals surface area (Å²) in [5.41, 5.74) is 1.77. The van der Waals surface area contributed by atoms with Crippen LogP contribution in [0.15, 0.2) is 72.8 Å². The van der Waals surface area contributed by atoms with Gasteiger partial charge in [0.05, 0.1) is 11.5 Å². The van der Waals surface area contributed by atoms with Crippen molar-refractivity contribution in [3.8, 4) is 11.5 Å². The van der Waals surface area contributed by atoms with Crippen LogP contribution in [0.3, 0.4) is 0 Å². The van der Waals surface area contributed by atoms with E-state index < -0.39 is 32.3 Å². The van der Waals surface area contributed by atoms with Gasteiger partial charge in [-0.3, -0.25) is 0 Å². The average molecular weight is 591 g/mol. The molecule has 0 aromatic heterocycles. The van der Waals surface area contributed by atoms with Crippen LogP contribution in [0.4, 0.5) is 32.3 Å². The summed E-state index contributed by atoms with van der Waals surface area (Å²) in [6.07, 6.45) is 0.876. The lowest BCUT2D eigenvalue weighted by atomic mass is 10.2. The predicted octanol–water partition coefficient (Wildman–Crippen LogP) is 5.21. The molecule has 4 N–H and O–H groups in total. The molecule has 214 valence electrons. The summed E-state index contributed by atoms with van der Waals surface area (Å²) in [6, 6.07) is 17.1. The molecule has 3 rings (SSSR count). The number of carbonyl (C=O) groups excluding carboxylic acids is 2. The van der Waals surface area contributed by atoms with Gasteiger partial charge in [-0.05, 0) is 85.6 Å². The van der Waals surface area contributed by atoms with Crippen LogP contribution in [-0.2, 0) is 20.2 Å². The van der Waals surface area contributed by atoms with E-state index in [-0.39, 0.29) is 23.0 Å². The summed E-state index contributed by atoms with van der Waals surface area (Å²) >= 11 is 0. The molecule has 3 aromatic carbocycles. The maximum atomic E-state index is 12.3. The number of amides is 4. The zero-order valence-corrected chi connectivity index (χ0v) is 23.5. The van der Waals surface area contributed by atoms with E-state index in [4.69, 9.17) is 8.37 Å². The third-order valence-corrected chi connectivity index (χ3v) is 7.69. The van der Waals surface area contributed by atoms with Crippen molar-refractivity contribution in [3.05, 3.63) is 72.8 Å². The molecule has 0 fully saturated rings. The van der Waals surface area contributed by atoms with Crippen LogP contribution >= 0.6 is 0 Å². The summed E-state index contributed by atoms with van der Waals surface area (Å²) in [5.74, 6) is 0.117. The number of carbonyl (C=O) groups is 2. The molecule has 14 heteroatoms.